The van der Waals surface area contributed by atoms with Gasteiger partial charge in [0.1, 0.15) is 5.82 Å². The number of hydrogen-bond donors (Lipinski definition) is 0. The van der Waals surface area contributed by atoms with Crippen LogP contribution in [0, 0.1) is 19.7 Å². The van der Waals surface area contributed by atoms with Gasteiger partial charge < -0.3 is 4.74 Å². The molecule has 124 valence electrons. The summed E-state index contributed by atoms with van der Waals surface area (Å²) >= 11 is 5.86. The zero-order chi connectivity index (χ0) is 17.7. The number of carbonyl (C=O) groups is 2. The van der Waals surface area contributed by atoms with Crippen molar-refractivity contribution in [3.63, 3.8) is 0 Å². The lowest BCUT2D eigenvalue weighted by Crippen LogP contribution is -2.13. The molecule has 0 N–H and O–H groups in total. The van der Waals surface area contributed by atoms with E-state index in [0.29, 0.717) is 5.56 Å². The maximum Gasteiger partial charge on any atom is 0.331 e. The number of halogens is 2. The summed E-state index contributed by atoms with van der Waals surface area (Å²) in [7, 11) is 0. The van der Waals surface area contributed by atoms with Gasteiger partial charge in [0.15, 0.2) is 6.61 Å². The van der Waals surface area contributed by atoms with Crippen LogP contribution in [0.4, 0.5) is 4.39 Å². The number of carbonyl (C=O) groups excluding carboxylic acids is 2. The number of hydrogen-bond acceptors (Lipinski definition) is 3. The number of ketones is 1. The van der Waals surface area contributed by atoms with Crippen molar-refractivity contribution in [3.8, 4) is 0 Å². The summed E-state index contributed by atoms with van der Waals surface area (Å²) in [5, 5.41) is 0.186. The minimum absolute atomic E-state index is 0.0944. The fraction of sp³-hybridized carbons (Fsp3) is 0.158. The minimum Gasteiger partial charge on any atom is -0.454 e. The molecular formula is C19H16ClFO3. The molecule has 0 saturated heterocycles. The van der Waals surface area contributed by atoms with Gasteiger partial charge in [-0.3, -0.25) is 4.79 Å². The molecule has 0 heterocycles. The number of rotatable bonds is 5. The van der Waals surface area contributed by atoms with E-state index in [-0.39, 0.29) is 23.0 Å². The molecule has 0 aliphatic rings. The van der Waals surface area contributed by atoms with Gasteiger partial charge in [0, 0.05) is 17.2 Å². The fourth-order valence-corrected chi connectivity index (χ4v) is 2.35. The highest BCUT2D eigenvalue weighted by atomic mass is 35.5. The first kappa shape index (κ1) is 17.9. The summed E-state index contributed by atoms with van der Waals surface area (Å²) in [5.74, 6) is -1.58. The molecule has 0 fully saturated rings. The average molecular weight is 347 g/mol. The molecule has 0 saturated carbocycles. The lowest BCUT2D eigenvalue weighted by atomic mass is 10.0. The maximum absolute atomic E-state index is 13.6. The standard InChI is InChI=1S/C19H16ClFO3/c1-12-6-7-13(2)15(10-12)18(22)11-24-19(23)9-8-14-16(20)4-3-5-17(14)21/h3-10H,11H2,1-2H3/b9-8+. The van der Waals surface area contributed by atoms with Crippen LogP contribution in [0.5, 0.6) is 0 Å². The van der Waals surface area contributed by atoms with E-state index in [9.17, 15) is 14.0 Å². The van der Waals surface area contributed by atoms with Crippen molar-refractivity contribution in [1.29, 1.82) is 0 Å². The molecule has 2 rings (SSSR count). The summed E-state index contributed by atoms with van der Waals surface area (Å²) in [5.41, 5.74) is 2.38. The second-order valence-corrected chi connectivity index (χ2v) is 5.73. The molecule has 0 unspecified atom stereocenters. The smallest absolute Gasteiger partial charge is 0.331 e. The first-order valence-electron chi connectivity index (χ1n) is 7.28. The molecule has 24 heavy (non-hydrogen) atoms. The fourth-order valence-electron chi connectivity index (χ4n) is 2.12. The molecule has 0 spiro atoms. The highest BCUT2D eigenvalue weighted by Crippen LogP contribution is 2.20. The number of aryl methyl sites for hydroxylation is 2. The first-order valence-corrected chi connectivity index (χ1v) is 7.65. The monoisotopic (exact) mass is 346 g/mol. The predicted octanol–water partition coefficient (Wildman–Crippen LogP) is 4.54. The molecule has 2 aromatic carbocycles. The third kappa shape index (κ3) is 4.52. The molecule has 3 nitrogen and oxygen atoms in total. The second kappa shape index (κ2) is 7.88. The Hall–Kier alpha value is -2.46. The third-order valence-electron chi connectivity index (χ3n) is 3.42. The van der Waals surface area contributed by atoms with E-state index in [4.69, 9.17) is 16.3 Å². The van der Waals surface area contributed by atoms with E-state index < -0.39 is 11.8 Å². The molecule has 2 aromatic rings. The zero-order valence-electron chi connectivity index (χ0n) is 13.3. The summed E-state index contributed by atoms with van der Waals surface area (Å²) in [6, 6.07) is 9.71. The number of Topliss-reactive ketones (excluding diaryl/α,β-unsaturated/α-hetero) is 1. The van der Waals surface area contributed by atoms with E-state index in [1.54, 1.807) is 6.07 Å². The van der Waals surface area contributed by atoms with Crippen LogP contribution < -0.4 is 0 Å². The molecule has 0 amide bonds. The van der Waals surface area contributed by atoms with Crippen molar-refractivity contribution in [3.05, 3.63) is 75.6 Å². The van der Waals surface area contributed by atoms with Crippen LogP contribution in [0.2, 0.25) is 5.02 Å². The van der Waals surface area contributed by atoms with Crippen molar-refractivity contribution in [2.24, 2.45) is 0 Å². The summed E-state index contributed by atoms with van der Waals surface area (Å²) in [6.45, 7) is 3.32. The van der Waals surface area contributed by atoms with Crippen LogP contribution in [0.3, 0.4) is 0 Å². The SMILES string of the molecule is Cc1ccc(C)c(C(=O)COC(=O)/C=C/c2c(F)cccc2Cl)c1. The van der Waals surface area contributed by atoms with E-state index in [2.05, 4.69) is 0 Å². The highest BCUT2D eigenvalue weighted by molar-refractivity contribution is 6.32. The van der Waals surface area contributed by atoms with Gasteiger partial charge in [-0.15, -0.1) is 0 Å². The Balaban J connectivity index is 1.99. The second-order valence-electron chi connectivity index (χ2n) is 5.32. The van der Waals surface area contributed by atoms with Gasteiger partial charge in [0.2, 0.25) is 5.78 Å². The molecule has 0 bridgehead atoms. The largest absolute Gasteiger partial charge is 0.454 e. The van der Waals surface area contributed by atoms with Gasteiger partial charge in [-0.25, -0.2) is 9.18 Å². The molecule has 0 aromatic heterocycles. The lowest BCUT2D eigenvalue weighted by Gasteiger charge is -2.06. The van der Waals surface area contributed by atoms with Crippen molar-refractivity contribution >= 4 is 29.4 Å². The van der Waals surface area contributed by atoms with Gasteiger partial charge in [-0.1, -0.05) is 35.4 Å². The first-order chi connectivity index (χ1) is 11.4. The summed E-state index contributed by atoms with van der Waals surface area (Å²) in [6.07, 6.45) is 2.27. The maximum atomic E-state index is 13.6. The van der Waals surface area contributed by atoms with Gasteiger partial charge >= 0.3 is 5.97 Å². The third-order valence-corrected chi connectivity index (χ3v) is 3.75. The molecular weight excluding hydrogens is 331 g/mol. The van der Waals surface area contributed by atoms with Crippen LogP contribution >= 0.6 is 11.6 Å². The van der Waals surface area contributed by atoms with Crippen LogP contribution in [0.1, 0.15) is 27.0 Å². The van der Waals surface area contributed by atoms with E-state index in [1.807, 2.05) is 26.0 Å². The summed E-state index contributed by atoms with van der Waals surface area (Å²) in [4.78, 5) is 23.8. The highest BCUT2D eigenvalue weighted by Gasteiger charge is 2.11. The molecule has 5 heteroatoms. The quantitative estimate of drug-likeness (QED) is 0.453. The van der Waals surface area contributed by atoms with Crippen LogP contribution in [0.25, 0.3) is 6.08 Å². The normalized spacial score (nSPS) is 10.8. The Morgan fingerprint density at radius 1 is 1.21 bits per heavy atom. The van der Waals surface area contributed by atoms with Gasteiger partial charge in [-0.2, -0.15) is 0 Å². The van der Waals surface area contributed by atoms with Crippen molar-refractivity contribution in [2.75, 3.05) is 6.61 Å². The summed E-state index contributed by atoms with van der Waals surface area (Å²) < 4.78 is 18.5. The minimum atomic E-state index is -0.743. The van der Waals surface area contributed by atoms with Gasteiger partial charge in [-0.05, 0) is 43.7 Å². The predicted molar refractivity (Wildman–Crippen MR) is 91.6 cm³/mol. The van der Waals surface area contributed by atoms with Crippen LogP contribution in [0.15, 0.2) is 42.5 Å². The Bertz CT molecular complexity index is 792. The van der Waals surface area contributed by atoms with Crippen LogP contribution in [-0.2, 0) is 9.53 Å². The molecule has 0 atom stereocenters. The van der Waals surface area contributed by atoms with E-state index in [0.717, 1.165) is 17.2 Å². The lowest BCUT2D eigenvalue weighted by molar-refractivity contribution is -0.136. The van der Waals surface area contributed by atoms with E-state index in [1.165, 1.54) is 24.3 Å². The Morgan fingerprint density at radius 2 is 1.96 bits per heavy atom. The van der Waals surface area contributed by atoms with Crippen molar-refractivity contribution < 1.29 is 18.7 Å². The Labute approximate surface area is 144 Å². The average Bonchev–Trinajstić information content (AvgIpc) is 2.54. The zero-order valence-corrected chi connectivity index (χ0v) is 14.1. The Morgan fingerprint density at radius 3 is 2.67 bits per heavy atom. The molecule has 0 aliphatic carbocycles. The van der Waals surface area contributed by atoms with Gasteiger partial charge in [0.05, 0.1) is 5.02 Å². The number of benzene rings is 2. The van der Waals surface area contributed by atoms with Gasteiger partial charge in [0.25, 0.3) is 0 Å². The van der Waals surface area contributed by atoms with Crippen molar-refractivity contribution in [1.82, 2.24) is 0 Å². The van der Waals surface area contributed by atoms with E-state index >= 15 is 0 Å². The Kier molecular flexibility index (Phi) is 5.88. The van der Waals surface area contributed by atoms with Crippen molar-refractivity contribution in [2.45, 2.75) is 13.8 Å². The topological polar surface area (TPSA) is 43.4 Å². The molecule has 0 aliphatic heterocycles. The van der Waals surface area contributed by atoms with Crippen LogP contribution in [-0.4, -0.2) is 18.4 Å². The number of ether oxygens (including phenoxy) is 1. The number of esters is 1. The molecule has 0 radical (unpaired) electrons.